The number of benzene rings is 1. The highest BCUT2D eigenvalue weighted by Crippen LogP contribution is 2.38. The van der Waals surface area contributed by atoms with Gasteiger partial charge < -0.3 is 5.32 Å². The monoisotopic (exact) mass is 353 g/mol. The highest BCUT2D eigenvalue weighted by molar-refractivity contribution is 7.89. The summed E-state index contributed by atoms with van der Waals surface area (Å²) in [5, 5.41) is 13.4. The summed E-state index contributed by atoms with van der Waals surface area (Å²) in [6.07, 6.45) is 0. The number of nitro groups is 1. The molecule has 1 atom stereocenters. The van der Waals surface area contributed by atoms with E-state index < -0.39 is 25.7 Å². The van der Waals surface area contributed by atoms with Gasteiger partial charge in [0.15, 0.2) is 0 Å². The van der Waals surface area contributed by atoms with E-state index in [1.54, 1.807) is 6.92 Å². The molecule has 1 N–H and O–H groups in total. The van der Waals surface area contributed by atoms with E-state index in [-0.39, 0.29) is 22.5 Å². The maximum absolute atomic E-state index is 12.7. The van der Waals surface area contributed by atoms with Crippen LogP contribution in [-0.4, -0.2) is 43.3 Å². The van der Waals surface area contributed by atoms with Gasteiger partial charge >= 0.3 is 5.69 Å². The Morgan fingerprint density at radius 2 is 2.10 bits per heavy atom. The van der Waals surface area contributed by atoms with Gasteiger partial charge in [-0.15, -0.1) is 0 Å². The Hall–Kier alpha value is -0.930. The van der Waals surface area contributed by atoms with Gasteiger partial charge in [-0.2, -0.15) is 4.31 Å². The molecule has 1 fully saturated rings. The average Bonchev–Trinajstić information content (AvgIpc) is 2.38. The number of hydrogen-bond acceptors (Lipinski definition) is 5. The fraction of sp³-hybridized carbons (Fsp3) is 0.455. The van der Waals surface area contributed by atoms with Gasteiger partial charge in [0, 0.05) is 25.7 Å². The summed E-state index contributed by atoms with van der Waals surface area (Å²) >= 11 is 11.6. The van der Waals surface area contributed by atoms with E-state index >= 15 is 0 Å². The minimum absolute atomic E-state index is 0.197. The molecule has 1 aliphatic heterocycles. The Kier molecular flexibility index (Phi) is 4.74. The van der Waals surface area contributed by atoms with E-state index in [2.05, 4.69) is 5.32 Å². The van der Waals surface area contributed by atoms with Crippen LogP contribution in [0.15, 0.2) is 17.0 Å². The summed E-state index contributed by atoms with van der Waals surface area (Å²) in [6, 6.07) is 2.10. The third kappa shape index (κ3) is 3.00. The van der Waals surface area contributed by atoms with Crippen molar-refractivity contribution in [2.75, 3.05) is 19.6 Å². The molecule has 1 heterocycles. The lowest BCUT2D eigenvalue weighted by Crippen LogP contribution is -2.52. The predicted molar refractivity (Wildman–Crippen MR) is 79.3 cm³/mol. The summed E-state index contributed by atoms with van der Waals surface area (Å²) in [5.74, 6) is 0. The molecule has 0 aromatic heterocycles. The molecule has 0 spiro atoms. The maximum atomic E-state index is 12.7. The molecule has 1 saturated heterocycles. The van der Waals surface area contributed by atoms with Crippen LogP contribution in [0.4, 0.5) is 5.69 Å². The van der Waals surface area contributed by atoms with Crippen molar-refractivity contribution in [3.05, 3.63) is 32.3 Å². The molecule has 1 aliphatic rings. The highest BCUT2D eigenvalue weighted by atomic mass is 35.5. The number of nitro benzene ring substituents is 1. The van der Waals surface area contributed by atoms with E-state index in [0.717, 1.165) is 0 Å². The molecule has 0 saturated carbocycles. The first-order chi connectivity index (χ1) is 9.76. The van der Waals surface area contributed by atoms with Crippen molar-refractivity contribution in [1.29, 1.82) is 0 Å². The molecule has 1 aromatic rings. The fourth-order valence-electron chi connectivity index (χ4n) is 2.19. The minimum atomic E-state index is -3.92. The molecule has 0 aliphatic carbocycles. The standard InChI is InChI=1S/C11H13Cl2N3O4S/c1-7-6-14-4-5-15(7)21(19,20)9-3-2-8(12)11(10(9)13)16(17)18/h2-3,7,14H,4-6H2,1H3/t7-/m1/s1. The molecule has 0 unspecified atom stereocenters. The van der Waals surface area contributed by atoms with Gasteiger partial charge in [-0.05, 0) is 19.1 Å². The molecule has 7 nitrogen and oxygen atoms in total. The molecule has 2 rings (SSSR count). The van der Waals surface area contributed by atoms with Crippen LogP contribution in [0.2, 0.25) is 10.0 Å². The second-order valence-electron chi connectivity index (χ2n) is 4.63. The van der Waals surface area contributed by atoms with Crippen LogP contribution in [0.25, 0.3) is 0 Å². The van der Waals surface area contributed by atoms with Gasteiger partial charge in [0.25, 0.3) is 0 Å². The van der Waals surface area contributed by atoms with Crippen LogP contribution in [0.5, 0.6) is 0 Å². The molecule has 0 amide bonds. The number of sulfonamides is 1. The summed E-state index contributed by atoms with van der Waals surface area (Å²) in [5.41, 5.74) is -0.595. The smallest absolute Gasteiger partial charge is 0.307 e. The van der Waals surface area contributed by atoms with Crippen molar-refractivity contribution in [3.63, 3.8) is 0 Å². The fourth-order valence-corrected chi connectivity index (χ4v) is 4.69. The first-order valence-electron chi connectivity index (χ1n) is 6.11. The van der Waals surface area contributed by atoms with Crippen molar-refractivity contribution < 1.29 is 13.3 Å². The van der Waals surface area contributed by atoms with E-state index in [0.29, 0.717) is 13.1 Å². The maximum Gasteiger partial charge on any atom is 0.307 e. The normalized spacial score (nSPS) is 20.4. The Labute approximate surface area is 132 Å². The number of rotatable bonds is 3. The Balaban J connectivity index is 2.55. The topological polar surface area (TPSA) is 92.6 Å². The van der Waals surface area contributed by atoms with Gasteiger partial charge in [-0.3, -0.25) is 10.1 Å². The first kappa shape index (κ1) is 16.4. The van der Waals surface area contributed by atoms with Crippen LogP contribution in [-0.2, 0) is 10.0 Å². The second-order valence-corrected chi connectivity index (χ2v) is 7.28. The van der Waals surface area contributed by atoms with Crippen LogP contribution in [0.1, 0.15) is 6.92 Å². The molecule has 1 aromatic carbocycles. The Bertz CT molecular complexity index is 680. The predicted octanol–water partition coefficient (Wildman–Crippen LogP) is 1.88. The lowest BCUT2D eigenvalue weighted by atomic mass is 10.3. The average molecular weight is 354 g/mol. The summed E-state index contributed by atoms with van der Waals surface area (Å²) in [7, 11) is -3.92. The molecule has 21 heavy (non-hydrogen) atoms. The lowest BCUT2D eigenvalue weighted by Gasteiger charge is -2.33. The van der Waals surface area contributed by atoms with E-state index in [1.807, 2.05) is 0 Å². The van der Waals surface area contributed by atoms with Crippen LogP contribution in [0.3, 0.4) is 0 Å². The zero-order chi connectivity index (χ0) is 15.8. The van der Waals surface area contributed by atoms with Crippen molar-refractivity contribution in [2.45, 2.75) is 17.9 Å². The molecule has 0 radical (unpaired) electrons. The summed E-state index contributed by atoms with van der Waals surface area (Å²) < 4.78 is 26.6. The zero-order valence-corrected chi connectivity index (χ0v) is 13.4. The lowest BCUT2D eigenvalue weighted by molar-refractivity contribution is -0.384. The van der Waals surface area contributed by atoms with E-state index in [1.165, 1.54) is 16.4 Å². The number of hydrogen-bond donors (Lipinski definition) is 1. The van der Waals surface area contributed by atoms with Gasteiger partial charge in [-0.1, -0.05) is 23.2 Å². The molecular formula is C11H13Cl2N3O4S. The Morgan fingerprint density at radius 1 is 1.43 bits per heavy atom. The SMILES string of the molecule is C[C@@H]1CNCCN1S(=O)(=O)c1ccc(Cl)c([N+](=O)[O-])c1Cl. The zero-order valence-electron chi connectivity index (χ0n) is 11.0. The van der Waals surface area contributed by atoms with Gasteiger partial charge in [0.2, 0.25) is 10.0 Å². The van der Waals surface area contributed by atoms with Crippen molar-refractivity contribution in [1.82, 2.24) is 9.62 Å². The third-order valence-electron chi connectivity index (χ3n) is 3.24. The van der Waals surface area contributed by atoms with Crippen LogP contribution < -0.4 is 5.32 Å². The minimum Gasteiger partial charge on any atom is -0.314 e. The number of piperazine rings is 1. The van der Waals surface area contributed by atoms with Crippen LogP contribution in [0, 0.1) is 10.1 Å². The molecule has 116 valence electrons. The molecule has 0 bridgehead atoms. The largest absolute Gasteiger partial charge is 0.314 e. The quantitative estimate of drug-likeness (QED) is 0.661. The van der Waals surface area contributed by atoms with E-state index in [4.69, 9.17) is 23.2 Å². The van der Waals surface area contributed by atoms with Gasteiger partial charge in [0.1, 0.15) is 14.9 Å². The Morgan fingerprint density at radius 3 is 2.67 bits per heavy atom. The second kappa shape index (κ2) is 6.05. The first-order valence-corrected chi connectivity index (χ1v) is 8.31. The van der Waals surface area contributed by atoms with Gasteiger partial charge in [0.05, 0.1) is 4.92 Å². The van der Waals surface area contributed by atoms with Crippen molar-refractivity contribution in [2.24, 2.45) is 0 Å². The molecule has 10 heteroatoms. The summed E-state index contributed by atoms with van der Waals surface area (Å²) in [6.45, 7) is 3.04. The van der Waals surface area contributed by atoms with Crippen molar-refractivity contribution >= 4 is 38.9 Å². The summed E-state index contributed by atoms with van der Waals surface area (Å²) in [4.78, 5) is 9.90. The number of nitrogens with zero attached hydrogens (tertiary/aromatic N) is 2. The van der Waals surface area contributed by atoms with Gasteiger partial charge in [-0.25, -0.2) is 8.42 Å². The van der Waals surface area contributed by atoms with Crippen molar-refractivity contribution in [3.8, 4) is 0 Å². The number of nitrogens with one attached hydrogen (secondary N) is 1. The van der Waals surface area contributed by atoms with E-state index in [9.17, 15) is 18.5 Å². The van der Waals surface area contributed by atoms with Crippen LogP contribution >= 0.6 is 23.2 Å². The number of halogens is 2. The third-order valence-corrected chi connectivity index (χ3v) is 6.10. The molecular weight excluding hydrogens is 341 g/mol. The highest BCUT2D eigenvalue weighted by Gasteiger charge is 2.35.